The zero-order valence-electron chi connectivity index (χ0n) is 14.5. The summed E-state index contributed by atoms with van der Waals surface area (Å²) in [5.41, 5.74) is 1.29. The Morgan fingerprint density at radius 1 is 1.21 bits per heavy atom. The molecule has 1 aromatic rings. The number of nitrogens with zero attached hydrogens (tertiary/aromatic N) is 1. The van der Waals surface area contributed by atoms with Gasteiger partial charge in [-0.05, 0) is 56.2 Å². The van der Waals surface area contributed by atoms with Crippen molar-refractivity contribution in [2.45, 2.75) is 44.6 Å². The van der Waals surface area contributed by atoms with Gasteiger partial charge in [-0.25, -0.2) is 0 Å². The number of likely N-dealkylation sites (tertiary alicyclic amines) is 1. The molecule has 0 saturated carbocycles. The van der Waals surface area contributed by atoms with Crippen molar-refractivity contribution in [3.05, 3.63) is 29.8 Å². The Morgan fingerprint density at radius 3 is 2.62 bits per heavy atom. The van der Waals surface area contributed by atoms with E-state index < -0.39 is 0 Å². The first-order valence-electron chi connectivity index (χ1n) is 8.92. The monoisotopic (exact) mass is 352 g/mol. The third kappa shape index (κ3) is 4.64. The molecule has 1 unspecified atom stereocenters. The second-order valence-electron chi connectivity index (χ2n) is 6.79. The molecule has 1 amide bonds. The number of methoxy groups -OCH3 is 1. The number of hydrogen-bond donors (Lipinski definition) is 1. The van der Waals surface area contributed by atoms with Gasteiger partial charge in [0.1, 0.15) is 5.75 Å². The van der Waals surface area contributed by atoms with Gasteiger partial charge in [-0.1, -0.05) is 24.6 Å². The number of hydrogen-bond acceptors (Lipinski definition) is 3. The van der Waals surface area contributed by atoms with E-state index >= 15 is 0 Å². The number of rotatable bonds is 4. The van der Waals surface area contributed by atoms with Crippen LogP contribution in [0.1, 0.15) is 37.7 Å². The molecule has 4 nitrogen and oxygen atoms in total. The lowest BCUT2D eigenvalue weighted by atomic mass is 9.89. The van der Waals surface area contributed by atoms with Crippen LogP contribution in [0.25, 0.3) is 0 Å². The van der Waals surface area contributed by atoms with Crippen LogP contribution in [0.5, 0.6) is 5.75 Å². The van der Waals surface area contributed by atoms with Gasteiger partial charge in [-0.3, -0.25) is 4.79 Å². The van der Waals surface area contributed by atoms with E-state index in [-0.39, 0.29) is 18.4 Å². The molecule has 0 spiro atoms. The van der Waals surface area contributed by atoms with Crippen LogP contribution < -0.4 is 10.1 Å². The van der Waals surface area contributed by atoms with Crippen molar-refractivity contribution in [3.63, 3.8) is 0 Å². The molecule has 0 aromatic heterocycles. The molecule has 2 fully saturated rings. The molecule has 2 heterocycles. The van der Waals surface area contributed by atoms with E-state index in [0.29, 0.717) is 11.8 Å². The SMILES string of the molecule is COc1ccccc1CC1CCN(C(=O)C2CCCCN2)CC1.Cl. The first kappa shape index (κ1) is 19.1. The number of halogens is 1. The predicted octanol–water partition coefficient (Wildman–Crippen LogP) is 3.04. The lowest BCUT2D eigenvalue weighted by Crippen LogP contribution is -2.50. The summed E-state index contributed by atoms with van der Waals surface area (Å²) < 4.78 is 5.45. The molecule has 24 heavy (non-hydrogen) atoms. The van der Waals surface area contributed by atoms with Crippen LogP contribution in [0.4, 0.5) is 0 Å². The molecule has 1 atom stereocenters. The molecule has 0 aliphatic carbocycles. The van der Waals surface area contributed by atoms with Crippen molar-refractivity contribution in [3.8, 4) is 5.75 Å². The molecular formula is C19H29ClN2O2. The zero-order chi connectivity index (χ0) is 16.1. The summed E-state index contributed by atoms with van der Waals surface area (Å²) in [6.07, 6.45) is 6.61. The molecule has 1 N–H and O–H groups in total. The van der Waals surface area contributed by atoms with Gasteiger partial charge in [-0.15, -0.1) is 12.4 Å². The van der Waals surface area contributed by atoms with E-state index in [2.05, 4.69) is 22.3 Å². The Kier molecular flexibility index (Phi) is 7.38. The van der Waals surface area contributed by atoms with E-state index in [4.69, 9.17) is 4.74 Å². The van der Waals surface area contributed by atoms with Gasteiger partial charge < -0.3 is 15.0 Å². The molecule has 2 saturated heterocycles. The summed E-state index contributed by atoms with van der Waals surface area (Å²) in [5.74, 6) is 1.95. The van der Waals surface area contributed by atoms with Crippen LogP contribution >= 0.6 is 12.4 Å². The largest absolute Gasteiger partial charge is 0.496 e. The lowest BCUT2D eigenvalue weighted by Gasteiger charge is -2.35. The van der Waals surface area contributed by atoms with Gasteiger partial charge in [0.2, 0.25) is 5.91 Å². The number of benzene rings is 1. The van der Waals surface area contributed by atoms with E-state index in [9.17, 15) is 4.79 Å². The first-order valence-corrected chi connectivity index (χ1v) is 8.92. The predicted molar refractivity (Wildman–Crippen MR) is 98.9 cm³/mol. The second kappa shape index (κ2) is 9.28. The third-order valence-electron chi connectivity index (χ3n) is 5.24. The van der Waals surface area contributed by atoms with Crippen molar-refractivity contribution in [1.82, 2.24) is 10.2 Å². The average Bonchev–Trinajstić information content (AvgIpc) is 2.63. The molecule has 2 aliphatic heterocycles. The van der Waals surface area contributed by atoms with E-state index in [1.807, 2.05) is 12.1 Å². The highest BCUT2D eigenvalue weighted by atomic mass is 35.5. The normalized spacial score (nSPS) is 21.9. The maximum Gasteiger partial charge on any atom is 0.239 e. The molecule has 5 heteroatoms. The Bertz CT molecular complexity index is 524. The van der Waals surface area contributed by atoms with Crippen molar-refractivity contribution in [1.29, 1.82) is 0 Å². The molecule has 1 aromatic carbocycles. The minimum absolute atomic E-state index is 0. The number of carbonyl (C=O) groups is 1. The number of piperidine rings is 2. The Hall–Kier alpha value is -1.26. The highest BCUT2D eigenvalue weighted by molar-refractivity contribution is 5.85. The van der Waals surface area contributed by atoms with E-state index in [1.54, 1.807) is 7.11 Å². The van der Waals surface area contributed by atoms with Crippen LogP contribution in [-0.2, 0) is 11.2 Å². The molecule has 134 valence electrons. The van der Waals surface area contributed by atoms with Gasteiger partial charge in [0.05, 0.1) is 13.2 Å². The van der Waals surface area contributed by atoms with Crippen LogP contribution in [0.3, 0.4) is 0 Å². The average molecular weight is 353 g/mol. The summed E-state index contributed by atoms with van der Waals surface area (Å²) in [4.78, 5) is 14.6. The van der Waals surface area contributed by atoms with Crippen molar-refractivity contribution >= 4 is 18.3 Å². The summed E-state index contributed by atoms with van der Waals surface area (Å²) in [7, 11) is 1.73. The highest BCUT2D eigenvalue weighted by Gasteiger charge is 2.29. The topological polar surface area (TPSA) is 41.6 Å². The van der Waals surface area contributed by atoms with E-state index in [0.717, 1.165) is 51.1 Å². The Morgan fingerprint density at radius 2 is 1.96 bits per heavy atom. The number of carbonyl (C=O) groups excluding carboxylic acids is 1. The van der Waals surface area contributed by atoms with E-state index in [1.165, 1.54) is 18.4 Å². The van der Waals surface area contributed by atoms with Gasteiger partial charge in [0.15, 0.2) is 0 Å². The minimum Gasteiger partial charge on any atom is -0.496 e. The Labute approximate surface area is 151 Å². The zero-order valence-corrected chi connectivity index (χ0v) is 15.3. The van der Waals surface area contributed by atoms with Crippen molar-refractivity contribution < 1.29 is 9.53 Å². The van der Waals surface area contributed by atoms with Gasteiger partial charge in [-0.2, -0.15) is 0 Å². The number of para-hydroxylation sites is 1. The fraction of sp³-hybridized carbons (Fsp3) is 0.632. The van der Waals surface area contributed by atoms with Crippen LogP contribution in [0.2, 0.25) is 0 Å². The summed E-state index contributed by atoms with van der Waals surface area (Å²) in [6, 6.07) is 8.34. The lowest BCUT2D eigenvalue weighted by molar-refractivity contribution is -0.135. The quantitative estimate of drug-likeness (QED) is 0.905. The Balaban J connectivity index is 0.00000208. The molecule has 0 bridgehead atoms. The van der Waals surface area contributed by atoms with Crippen molar-refractivity contribution in [2.75, 3.05) is 26.7 Å². The van der Waals surface area contributed by atoms with Gasteiger partial charge in [0.25, 0.3) is 0 Å². The minimum atomic E-state index is 0. The second-order valence-corrected chi connectivity index (χ2v) is 6.79. The molecule has 3 rings (SSSR count). The third-order valence-corrected chi connectivity index (χ3v) is 5.24. The van der Waals surface area contributed by atoms with Gasteiger partial charge in [0, 0.05) is 13.1 Å². The van der Waals surface area contributed by atoms with Gasteiger partial charge >= 0.3 is 0 Å². The smallest absolute Gasteiger partial charge is 0.239 e. The maximum absolute atomic E-state index is 12.6. The number of ether oxygens (including phenoxy) is 1. The standard InChI is InChI=1S/C19H28N2O2.ClH/c1-23-18-8-3-2-6-16(18)14-15-9-12-21(13-10-15)19(22)17-7-4-5-11-20-17;/h2-3,6,8,15,17,20H,4-5,7,9-14H2,1H3;1H. The first-order chi connectivity index (χ1) is 11.3. The fourth-order valence-electron chi connectivity index (χ4n) is 3.82. The highest BCUT2D eigenvalue weighted by Crippen LogP contribution is 2.27. The summed E-state index contributed by atoms with van der Waals surface area (Å²) in [5, 5.41) is 3.37. The van der Waals surface area contributed by atoms with Crippen LogP contribution in [-0.4, -0.2) is 43.6 Å². The summed E-state index contributed by atoms with van der Waals surface area (Å²) in [6.45, 7) is 2.79. The fourth-order valence-corrected chi connectivity index (χ4v) is 3.82. The molecular weight excluding hydrogens is 324 g/mol. The van der Waals surface area contributed by atoms with Crippen molar-refractivity contribution in [2.24, 2.45) is 5.92 Å². The molecule has 2 aliphatic rings. The van der Waals surface area contributed by atoms with Crippen LogP contribution in [0.15, 0.2) is 24.3 Å². The number of amides is 1. The van der Waals surface area contributed by atoms with Crippen LogP contribution in [0, 0.1) is 5.92 Å². The molecule has 0 radical (unpaired) electrons. The summed E-state index contributed by atoms with van der Waals surface area (Å²) >= 11 is 0. The maximum atomic E-state index is 12.6. The number of nitrogens with one attached hydrogen (secondary N) is 1.